The zero-order chi connectivity index (χ0) is 8.15. The van der Waals surface area contributed by atoms with Gasteiger partial charge in [0.15, 0.2) is 0 Å². The van der Waals surface area contributed by atoms with Crippen molar-refractivity contribution < 1.29 is 4.79 Å². The number of nitrogens with two attached hydrogens (primary N) is 2. The van der Waals surface area contributed by atoms with Crippen molar-refractivity contribution in [1.29, 1.82) is 0 Å². The summed E-state index contributed by atoms with van der Waals surface area (Å²) in [6.07, 6.45) is 0.351. The summed E-state index contributed by atoms with van der Waals surface area (Å²) in [7, 11) is 0. The molecule has 0 aliphatic heterocycles. The highest BCUT2D eigenvalue weighted by Crippen LogP contribution is 1.87. The van der Waals surface area contributed by atoms with Crippen molar-refractivity contribution in [1.82, 2.24) is 5.32 Å². The Bertz CT molecular complexity index is 116. The van der Waals surface area contributed by atoms with E-state index in [9.17, 15) is 4.79 Å². The smallest absolute Gasteiger partial charge is 0.218 e. The van der Waals surface area contributed by atoms with Crippen molar-refractivity contribution in [2.45, 2.75) is 32.5 Å². The number of carbonyl (C=O) groups is 1. The molecule has 4 heteroatoms. The first kappa shape index (κ1) is 9.39. The quantitative estimate of drug-likeness (QED) is 0.452. The number of rotatable bonds is 3. The van der Waals surface area contributed by atoms with Crippen molar-refractivity contribution in [3.05, 3.63) is 0 Å². The molecule has 0 aromatic rings. The van der Waals surface area contributed by atoms with Gasteiger partial charge in [0.05, 0.1) is 6.17 Å². The van der Waals surface area contributed by atoms with Gasteiger partial charge in [-0.25, -0.2) is 0 Å². The van der Waals surface area contributed by atoms with Crippen LogP contribution >= 0.6 is 0 Å². The first-order valence-corrected chi connectivity index (χ1v) is 3.36. The summed E-state index contributed by atoms with van der Waals surface area (Å²) in [5, 5.41) is 2.51. The summed E-state index contributed by atoms with van der Waals surface area (Å²) in [5.74, 6) is -0.142. The Hall–Kier alpha value is -0.610. The van der Waals surface area contributed by atoms with Gasteiger partial charge in [-0.05, 0) is 6.42 Å². The highest BCUT2D eigenvalue weighted by molar-refractivity contribution is 5.73. The first-order chi connectivity index (χ1) is 4.57. The van der Waals surface area contributed by atoms with Gasteiger partial charge in [0.25, 0.3) is 0 Å². The molecule has 0 radical (unpaired) electrons. The highest BCUT2D eigenvalue weighted by Gasteiger charge is 2.10. The zero-order valence-electron chi connectivity index (χ0n) is 6.42. The maximum Gasteiger partial charge on any atom is 0.218 e. The average Bonchev–Trinajstić information content (AvgIpc) is 1.85. The maximum absolute atomic E-state index is 10.4. The van der Waals surface area contributed by atoms with Gasteiger partial charge in [-0.3, -0.25) is 4.79 Å². The summed E-state index contributed by atoms with van der Waals surface area (Å²) in [5.41, 5.74) is 11.0. The SMILES string of the molecule is CCC(N)C(N)NC(C)=O. The second kappa shape index (κ2) is 4.24. The van der Waals surface area contributed by atoms with Crippen LogP contribution in [0.2, 0.25) is 0 Å². The molecule has 0 aliphatic rings. The molecule has 5 N–H and O–H groups in total. The van der Waals surface area contributed by atoms with Crippen molar-refractivity contribution in [3.8, 4) is 0 Å². The summed E-state index contributed by atoms with van der Waals surface area (Å²) in [4.78, 5) is 10.4. The normalized spacial score (nSPS) is 16.0. The van der Waals surface area contributed by atoms with E-state index >= 15 is 0 Å². The maximum atomic E-state index is 10.4. The number of hydrogen-bond donors (Lipinski definition) is 3. The van der Waals surface area contributed by atoms with Crippen LogP contribution in [0.25, 0.3) is 0 Å². The van der Waals surface area contributed by atoms with Crippen molar-refractivity contribution in [3.63, 3.8) is 0 Å². The molecule has 0 spiro atoms. The number of carbonyl (C=O) groups excluding carboxylic acids is 1. The fourth-order valence-electron chi connectivity index (χ4n) is 0.596. The number of nitrogens with one attached hydrogen (secondary N) is 1. The minimum Gasteiger partial charge on any atom is -0.340 e. The van der Waals surface area contributed by atoms with Gasteiger partial charge >= 0.3 is 0 Å². The Morgan fingerprint density at radius 1 is 1.60 bits per heavy atom. The summed E-state index contributed by atoms with van der Waals surface area (Å²) >= 11 is 0. The third-order valence-corrected chi connectivity index (χ3v) is 1.30. The van der Waals surface area contributed by atoms with E-state index in [0.717, 1.165) is 6.42 Å². The van der Waals surface area contributed by atoms with Crippen LogP contribution in [0.15, 0.2) is 0 Å². The van der Waals surface area contributed by atoms with Crippen LogP contribution in [0, 0.1) is 0 Å². The van der Waals surface area contributed by atoms with E-state index in [1.807, 2.05) is 6.92 Å². The molecule has 0 aliphatic carbocycles. The largest absolute Gasteiger partial charge is 0.340 e. The van der Waals surface area contributed by atoms with Crippen molar-refractivity contribution in [2.75, 3.05) is 0 Å². The van der Waals surface area contributed by atoms with Gasteiger partial charge < -0.3 is 16.8 Å². The Kier molecular flexibility index (Phi) is 3.99. The van der Waals surface area contributed by atoms with Gasteiger partial charge in [-0.2, -0.15) is 0 Å². The van der Waals surface area contributed by atoms with E-state index in [0.29, 0.717) is 0 Å². The molecular weight excluding hydrogens is 130 g/mol. The fraction of sp³-hybridized carbons (Fsp3) is 0.833. The molecule has 0 rings (SSSR count). The number of amides is 1. The lowest BCUT2D eigenvalue weighted by molar-refractivity contribution is -0.119. The second-order valence-corrected chi connectivity index (χ2v) is 2.30. The third-order valence-electron chi connectivity index (χ3n) is 1.30. The first-order valence-electron chi connectivity index (χ1n) is 3.36. The molecule has 0 saturated heterocycles. The van der Waals surface area contributed by atoms with Gasteiger partial charge in [-0.15, -0.1) is 0 Å². The molecule has 4 nitrogen and oxygen atoms in total. The lowest BCUT2D eigenvalue weighted by atomic mass is 10.2. The molecule has 0 heterocycles. The van der Waals surface area contributed by atoms with E-state index in [4.69, 9.17) is 11.5 Å². The van der Waals surface area contributed by atoms with Crippen molar-refractivity contribution in [2.24, 2.45) is 11.5 Å². The van der Waals surface area contributed by atoms with Gasteiger partial charge in [0.2, 0.25) is 5.91 Å². The molecule has 0 bridgehead atoms. The minimum atomic E-state index is -0.414. The zero-order valence-corrected chi connectivity index (χ0v) is 6.42. The van der Waals surface area contributed by atoms with Crippen LogP contribution in [0.5, 0.6) is 0 Å². The lowest BCUT2D eigenvalue weighted by Gasteiger charge is -2.18. The van der Waals surface area contributed by atoms with Crippen LogP contribution < -0.4 is 16.8 Å². The highest BCUT2D eigenvalue weighted by atomic mass is 16.1. The van der Waals surface area contributed by atoms with E-state index in [1.54, 1.807) is 0 Å². The van der Waals surface area contributed by atoms with Crippen LogP contribution in [-0.4, -0.2) is 18.1 Å². The minimum absolute atomic E-state index is 0.142. The average molecular weight is 145 g/mol. The molecule has 1 amide bonds. The van der Waals surface area contributed by atoms with Crippen molar-refractivity contribution >= 4 is 5.91 Å². The van der Waals surface area contributed by atoms with Crippen LogP contribution in [0.1, 0.15) is 20.3 Å². The molecule has 10 heavy (non-hydrogen) atoms. The monoisotopic (exact) mass is 145 g/mol. The Morgan fingerprint density at radius 2 is 2.10 bits per heavy atom. The predicted octanol–water partition coefficient (Wildman–Crippen LogP) is -0.855. The van der Waals surface area contributed by atoms with E-state index in [2.05, 4.69) is 5.32 Å². The standard InChI is InChI=1S/C6H15N3O/c1-3-5(7)6(8)9-4(2)10/h5-6H,3,7-8H2,1-2H3,(H,9,10). The Labute approximate surface area is 61.0 Å². The number of hydrogen-bond acceptors (Lipinski definition) is 3. The molecule has 60 valence electrons. The third kappa shape index (κ3) is 3.42. The molecule has 0 saturated carbocycles. The topological polar surface area (TPSA) is 81.1 Å². The molecular formula is C6H15N3O. The van der Waals surface area contributed by atoms with Crippen LogP contribution in [0.3, 0.4) is 0 Å². The Balaban J connectivity index is 3.61. The molecule has 2 atom stereocenters. The van der Waals surface area contributed by atoms with E-state index in [-0.39, 0.29) is 11.9 Å². The summed E-state index contributed by atoms with van der Waals surface area (Å²) in [6, 6.07) is -0.149. The van der Waals surface area contributed by atoms with E-state index in [1.165, 1.54) is 6.92 Å². The van der Waals surface area contributed by atoms with Gasteiger partial charge in [0.1, 0.15) is 0 Å². The summed E-state index contributed by atoms with van der Waals surface area (Å²) < 4.78 is 0. The van der Waals surface area contributed by atoms with Gasteiger partial charge in [-0.1, -0.05) is 6.92 Å². The fourth-order valence-corrected chi connectivity index (χ4v) is 0.596. The predicted molar refractivity (Wildman–Crippen MR) is 40.1 cm³/mol. The Morgan fingerprint density at radius 3 is 2.40 bits per heavy atom. The van der Waals surface area contributed by atoms with Gasteiger partial charge in [0, 0.05) is 13.0 Å². The second-order valence-electron chi connectivity index (χ2n) is 2.30. The van der Waals surface area contributed by atoms with E-state index < -0.39 is 6.17 Å². The summed E-state index contributed by atoms with van der Waals surface area (Å²) in [6.45, 7) is 3.34. The molecule has 0 fully saturated rings. The molecule has 0 aromatic heterocycles. The van der Waals surface area contributed by atoms with Crippen LogP contribution in [-0.2, 0) is 4.79 Å². The molecule has 2 unspecified atom stereocenters. The lowest BCUT2D eigenvalue weighted by Crippen LogP contribution is -2.52. The van der Waals surface area contributed by atoms with Crippen LogP contribution in [0.4, 0.5) is 0 Å². The molecule has 0 aromatic carbocycles.